The average Bonchev–Trinajstić information content (AvgIpc) is 3.44. The van der Waals surface area contributed by atoms with Crippen molar-refractivity contribution >= 4 is 5.82 Å². The molecule has 1 aromatic carbocycles. The van der Waals surface area contributed by atoms with Crippen LogP contribution in [0.5, 0.6) is 5.75 Å². The molecule has 31 heavy (non-hydrogen) atoms. The van der Waals surface area contributed by atoms with E-state index in [4.69, 9.17) is 4.74 Å². The second-order valence-corrected chi connectivity index (χ2v) is 8.54. The molecule has 2 fully saturated rings. The smallest absolute Gasteiger partial charge is 0.144 e. The van der Waals surface area contributed by atoms with E-state index >= 15 is 0 Å². The van der Waals surface area contributed by atoms with Gasteiger partial charge >= 0.3 is 0 Å². The minimum absolute atomic E-state index is 0.00866. The first-order valence-electron chi connectivity index (χ1n) is 10.8. The van der Waals surface area contributed by atoms with Crippen molar-refractivity contribution in [1.29, 1.82) is 0 Å². The fourth-order valence-electron chi connectivity index (χ4n) is 5.07. The lowest BCUT2D eigenvalue weighted by molar-refractivity contribution is 0.0735. The summed E-state index contributed by atoms with van der Waals surface area (Å²) < 4.78 is 7.38. The lowest BCUT2D eigenvalue weighted by atomic mass is 9.77. The van der Waals surface area contributed by atoms with Crippen LogP contribution in [0, 0.1) is 11.8 Å². The summed E-state index contributed by atoms with van der Waals surface area (Å²) in [5, 5.41) is 18.5. The molecule has 1 aliphatic heterocycles. The molecule has 0 amide bonds. The highest BCUT2D eigenvalue weighted by atomic mass is 16.5. The number of methoxy groups -OCH3 is 1. The molecule has 0 bridgehead atoms. The summed E-state index contributed by atoms with van der Waals surface area (Å²) in [4.78, 5) is 10.9. The highest BCUT2D eigenvalue weighted by Crippen LogP contribution is 2.38. The molecule has 4 atom stereocenters. The van der Waals surface area contributed by atoms with Gasteiger partial charge in [0.1, 0.15) is 11.6 Å². The van der Waals surface area contributed by atoms with E-state index in [1.807, 2.05) is 23.0 Å². The van der Waals surface area contributed by atoms with Gasteiger partial charge in [0.15, 0.2) is 0 Å². The minimum Gasteiger partial charge on any atom is -0.497 e. The van der Waals surface area contributed by atoms with Gasteiger partial charge < -0.3 is 15.2 Å². The quantitative estimate of drug-likeness (QED) is 0.633. The predicted octanol–water partition coefficient (Wildman–Crippen LogP) is 2.35. The van der Waals surface area contributed by atoms with Crippen LogP contribution >= 0.6 is 0 Å². The summed E-state index contributed by atoms with van der Waals surface area (Å²) in [5.74, 6) is 2.64. The van der Waals surface area contributed by atoms with Crippen molar-refractivity contribution in [2.24, 2.45) is 11.8 Å². The molecule has 3 heterocycles. The van der Waals surface area contributed by atoms with E-state index in [2.05, 4.69) is 37.4 Å². The number of aromatic nitrogens is 4. The van der Waals surface area contributed by atoms with Crippen LogP contribution in [0.1, 0.15) is 18.4 Å². The third-order valence-corrected chi connectivity index (χ3v) is 6.55. The molecular weight excluding hydrogens is 392 g/mol. The summed E-state index contributed by atoms with van der Waals surface area (Å²) in [5.41, 5.74) is 2.26. The summed E-state index contributed by atoms with van der Waals surface area (Å²) in [7, 11) is 1.70. The van der Waals surface area contributed by atoms with Gasteiger partial charge in [-0.25, -0.2) is 9.67 Å². The zero-order valence-corrected chi connectivity index (χ0v) is 17.6. The SMILES string of the molecule is COc1ccc(-n2cccn2)c(CN2C[C@H]3C[C@@H](Nc4cnccn4)[C@H](O)C[C@H]3C2)c1. The first kappa shape index (κ1) is 20.0. The topological polar surface area (TPSA) is 88.3 Å². The first-order chi connectivity index (χ1) is 15.2. The zero-order valence-electron chi connectivity index (χ0n) is 17.6. The van der Waals surface area contributed by atoms with Gasteiger partial charge in [-0.3, -0.25) is 9.88 Å². The van der Waals surface area contributed by atoms with Crippen LogP contribution in [-0.2, 0) is 6.54 Å². The number of anilines is 1. The van der Waals surface area contributed by atoms with Gasteiger partial charge in [0.05, 0.1) is 31.1 Å². The van der Waals surface area contributed by atoms with Crippen molar-refractivity contribution in [3.63, 3.8) is 0 Å². The Hall–Kier alpha value is -2.97. The Morgan fingerprint density at radius 3 is 2.77 bits per heavy atom. The van der Waals surface area contributed by atoms with E-state index < -0.39 is 0 Å². The molecule has 0 spiro atoms. The van der Waals surface area contributed by atoms with Gasteiger partial charge in [-0.2, -0.15) is 5.10 Å². The molecular formula is C23H28N6O2. The highest BCUT2D eigenvalue weighted by Gasteiger charge is 2.41. The number of benzene rings is 1. The molecule has 162 valence electrons. The Morgan fingerprint density at radius 2 is 2.03 bits per heavy atom. The highest BCUT2D eigenvalue weighted by molar-refractivity contribution is 5.45. The van der Waals surface area contributed by atoms with Gasteiger partial charge in [0.25, 0.3) is 0 Å². The molecule has 1 saturated carbocycles. The number of aliphatic hydroxyl groups is 1. The number of rotatable bonds is 6. The number of likely N-dealkylation sites (tertiary alicyclic amines) is 1. The van der Waals surface area contributed by atoms with Gasteiger partial charge in [-0.05, 0) is 54.5 Å². The Labute approximate surface area is 181 Å². The monoisotopic (exact) mass is 420 g/mol. The van der Waals surface area contributed by atoms with Gasteiger partial charge in [0, 0.05) is 44.4 Å². The number of fused-ring (bicyclic) bond motifs is 1. The Morgan fingerprint density at radius 1 is 1.16 bits per heavy atom. The van der Waals surface area contributed by atoms with Crippen LogP contribution in [0.25, 0.3) is 5.69 Å². The van der Waals surface area contributed by atoms with E-state index in [1.165, 1.54) is 5.56 Å². The predicted molar refractivity (Wildman–Crippen MR) is 117 cm³/mol. The number of nitrogens with zero attached hydrogens (tertiary/aromatic N) is 5. The van der Waals surface area contributed by atoms with Gasteiger partial charge in [-0.1, -0.05) is 0 Å². The summed E-state index contributed by atoms with van der Waals surface area (Å²) in [6, 6.07) is 8.09. The van der Waals surface area contributed by atoms with Crippen LogP contribution in [0.4, 0.5) is 5.82 Å². The zero-order chi connectivity index (χ0) is 21.2. The van der Waals surface area contributed by atoms with Crippen LogP contribution in [0.3, 0.4) is 0 Å². The van der Waals surface area contributed by atoms with Gasteiger partial charge in [0.2, 0.25) is 0 Å². The number of hydrogen-bond donors (Lipinski definition) is 2. The number of aliphatic hydroxyl groups excluding tert-OH is 1. The van der Waals surface area contributed by atoms with Crippen molar-refractivity contribution in [2.75, 3.05) is 25.5 Å². The molecule has 2 aliphatic rings. The molecule has 8 nitrogen and oxygen atoms in total. The van der Waals surface area contributed by atoms with Crippen LogP contribution in [-0.4, -0.2) is 62.1 Å². The third kappa shape index (κ3) is 4.26. The fraction of sp³-hybridized carbons (Fsp3) is 0.435. The largest absolute Gasteiger partial charge is 0.497 e. The first-order valence-corrected chi connectivity index (χ1v) is 10.8. The summed E-state index contributed by atoms with van der Waals surface area (Å²) in [6.45, 7) is 2.85. The van der Waals surface area contributed by atoms with Crippen molar-refractivity contribution in [3.8, 4) is 11.4 Å². The van der Waals surface area contributed by atoms with E-state index in [0.29, 0.717) is 11.8 Å². The van der Waals surface area contributed by atoms with E-state index in [1.54, 1.807) is 31.9 Å². The van der Waals surface area contributed by atoms with Crippen molar-refractivity contribution < 1.29 is 9.84 Å². The standard InChI is InChI=1S/C23H28N6O2/c1-31-19-3-4-21(29-8-2-5-26-29)18(9-19)15-28-13-16-10-20(22(30)11-17(16)14-28)27-23-12-24-6-7-25-23/h2-9,12,16-17,20,22,30H,10-11,13-15H2,1H3,(H,25,27)/t16-,17+,20-,22-/m1/s1. The summed E-state index contributed by atoms with van der Waals surface area (Å²) in [6.07, 6.45) is 10.2. The number of hydrogen-bond acceptors (Lipinski definition) is 7. The normalized spacial score (nSPS) is 25.9. The van der Waals surface area contributed by atoms with Crippen molar-refractivity contribution in [3.05, 3.63) is 60.8 Å². The Bertz CT molecular complexity index is 997. The molecule has 0 radical (unpaired) electrons. The van der Waals surface area contributed by atoms with E-state index in [-0.39, 0.29) is 12.1 Å². The molecule has 0 unspecified atom stereocenters. The second kappa shape index (κ2) is 8.64. The maximum absolute atomic E-state index is 10.7. The second-order valence-electron chi connectivity index (χ2n) is 8.54. The third-order valence-electron chi connectivity index (χ3n) is 6.55. The van der Waals surface area contributed by atoms with Gasteiger partial charge in [-0.15, -0.1) is 0 Å². The fourth-order valence-corrected chi connectivity index (χ4v) is 5.07. The maximum atomic E-state index is 10.7. The van der Waals surface area contributed by atoms with Crippen LogP contribution in [0.2, 0.25) is 0 Å². The van der Waals surface area contributed by atoms with Crippen molar-refractivity contribution in [2.45, 2.75) is 31.5 Å². The van der Waals surface area contributed by atoms with E-state index in [0.717, 1.165) is 49.7 Å². The molecule has 2 N–H and O–H groups in total. The average molecular weight is 421 g/mol. The Kier molecular flexibility index (Phi) is 5.57. The number of nitrogens with one attached hydrogen (secondary N) is 1. The maximum Gasteiger partial charge on any atom is 0.144 e. The lowest BCUT2D eigenvalue weighted by Crippen LogP contribution is -2.43. The molecule has 1 aliphatic carbocycles. The summed E-state index contributed by atoms with van der Waals surface area (Å²) >= 11 is 0. The molecule has 2 aromatic heterocycles. The van der Waals surface area contributed by atoms with Crippen LogP contribution in [0.15, 0.2) is 55.2 Å². The lowest BCUT2D eigenvalue weighted by Gasteiger charge is -2.35. The Balaban J connectivity index is 1.29. The molecule has 8 heteroatoms. The van der Waals surface area contributed by atoms with E-state index in [9.17, 15) is 5.11 Å². The molecule has 1 saturated heterocycles. The van der Waals surface area contributed by atoms with Crippen molar-refractivity contribution in [1.82, 2.24) is 24.6 Å². The number of ether oxygens (including phenoxy) is 1. The molecule has 3 aromatic rings. The minimum atomic E-state index is -0.375. The molecule has 5 rings (SSSR count). The van der Waals surface area contributed by atoms with Crippen LogP contribution < -0.4 is 10.1 Å².